The molecule has 1 heterocycles. The zero-order chi connectivity index (χ0) is 15.9. The van der Waals surface area contributed by atoms with Crippen molar-refractivity contribution in [1.29, 1.82) is 0 Å². The number of carbonyl (C=O) groups is 1. The molecule has 1 aromatic heterocycles. The third kappa shape index (κ3) is 6.54. The van der Waals surface area contributed by atoms with Gasteiger partial charge in [0.15, 0.2) is 4.21 Å². The van der Waals surface area contributed by atoms with Crippen molar-refractivity contribution < 1.29 is 18.3 Å². The first-order valence-electron chi connectivity index (χ1n) is 6.99. The van der Waals surface area contributed by atoms with Crippen LogP contribution < -0.4 is 4.72 Å². The second kappa shape index (κ2) is 8.45. The third-order valence-electron chi connectivity index (χ3n) is 3.17. The summed E-state index contributed by atoms with van der Waals surface area (Å²) in [4.78, 5) is 14.5. The predicted octanol–water partition coefficient (Wildman–Crippen LogP) is 2.40. The van der Waals surface area contributed by atoms with Crippen molar-refractivity contribution in [3.8, 4) is 0 Å². The van der Waals surface area contributed by atoms with Crippen LogP contribution in [0.25, 0.3) is 0 Å². The molecule has 0 aliphatic carbocycles. The van der Waals surface area contributed by atoms with Gasteiger partial charge in [-0.25, -0.2) is 18.1 Å². The third-order valence-corrected chi connectivity index (χ3v) is 6.01. The Morgan fingerprint density at radius 3 is 2.67 bits per heavy atom. The molecule has 0 radical (unpaired) electrons. The molecule has 1 rings (SSSR count). The Labute approximate surface area is 129 Å². The molecular formula is C13H22N2O4S2. The molecule has 6 nitrogen and oxygen atoms in total. The number of hydrogen-bond acceptors (Lipinski definition) is 5. The molecule has 0 saturated carbocycles. The van der Waals surface area contributed by atoms with Gasteiger partial charge in [0, 0.05) is 13.0 Å². The van der Waals surface area contributed by atoms with Crippen molar-refractivity contribution in [2.45, 2.75) is 50.2 Å². The Morgan fingerprint density at radius 2 is 2.14 bits per heavy atom. The van der Waals surface area contributed by atoms with Crippen LogP contribution in [0, 0.1) is 12.8 Å². The quantitative estimate of drug-likeness (QED) is 0.685. The summed E-state index contributed by atoms with van der Waals surface area (Å²) in [6.07, 6.45) is 4.60. The lowest BCUT2D eigenvalue weighted by molar-refractivity contribution is -0.137. The van der Waals surface area contributed by atoms with Gasteiger partial charge in [0.2, 0.25) is 0 Å². The summed E-state index contributed by atoms with van der Waals surface area (Å²) in [6, 6.07) is 0. The Kier molecular flexibility index (Phi) is 7.27. The fraction of sp³-hybridized carbons (Fsp3) is 0.692. The van der Waals surface area contributed by atoms with Crippen molar-refractivity contribution in [1.82, 2.24) is 9.71 Å². The minimum Gasteiger partial charge on any atom is -0.481 e. The van der Waals surface area contributed by atoms with Crippen LogP contribution in [0.2, 0.25) is 0 Å². The van der Waals surface area contributed by atoms with Gasteiger partial charge in [-0.2, -0.15) is 0 Å². The van der Waals surface area contributed by atoms with Crippen LogP contribution in [0.1, 0.15) is 44.0 Å². The summed E-state index contributed by atoms with van der Waals surface area (Å²) in [5.74, 6) is -0.575. The van der Waals surface area contributed by atoms with Gasteiger partial charge in [0.25, 0.3) is 10.0 Å². The monoisotopic (exact) mass is 334 g/mol. The average Bonchev–Trinajstić information content (AvgIpc) is 2.83. The van der Waals surface area contributed by atoms with E-state index in [0.717, 1.165) is 24.2 Å². The highest BCUT2D eigenvalue weighted by Gasteiger charge is 2.17. The highest BCUT2D eigenvalue weighted by molar-refractivity contribution is 7.91. The first-order valence-corrected chi connectivity index (χ1v) is 9.29. The van der Waals surface area contributed by atoms with Crippen LogP contribution in [0.5, 0.6) is 0 Å². The van der Waals surface area contributed by atoms with Crippen molar-refractivity contribution in [3.63, 3.8) is 0 Å². The topological polar surface area (TPSA) is 96.4 Å². The van der Waals surface area contributed by atoms with Gasteiger partial charge < -0.3 is 5.11 Å². The fourth-order valence-corrected chi connectivity index (χ4v) is 4.30. The van der Waals surface area contributed by atoms with Gasteiger partial charge in [0.05, 0.1) is 11.2 Å². The van der Waals surface area contributed by atoms with Crippen molar-refractivity contribution >= 4 is 27.3 Å². The summed E-state index contributed by atoms with van der Waals surface area (Å²) in [7, 11) is -3.49. The minimum absolute atomic E-state index is 0.130. The molecule has 8 heteroatoms. The Morgan fingerprint density at radius 1 is 1.43 bits per heavy atom. The second-order valence-electron chi connectivity index (χ2n) is 4.97. The standard InChI is InChI=1S/C13H22N2O4S2/c1-3-4-11(5-6-12(16)17)7-8-15-21(18,19)13-9-14-10(2)20-13/h9,11,15H,3-8H2,1-2H3,(H,16,17). The molecule has 21 heavy (non-hydrogen) atoms. The van der Waals surface area contributed by atoms with E-state index in [0.29, 0.717) is 24.4 Å². The van der Waals surface area contributed by atoms with E-state index >= 15 is 0 Å². The second-order valence-corrected chi connectivity index (χ2v) is 8.20. The molecule has 0 bridgehead atoms. The van der Waals surface area contributed by atoms with Gasteiger partial charge in [-0.3, -0.25) is 4.79 Å². The lowest BCUT2D eigenvalue weighted by Gasteiger charge is -2.15. The maximum atomic E-state index is 12.0. The summed E-state index contributed by atoms with van der Waals surface area (Å²) >= 11 is 1.14. The number of nitrogens with zero attached hydrogens (tertiary/aromatic N) is 1. The Hall–Kier alpha value is -0.990. The highest BCUT2D eigenvalue weighted by atomic mass is 32.2. The maximum absolute atomic E-state index is 12.0. The van der Waals surface area contributed by atoms with E-state index in [9.17, 15) is 13.2 Å². The SMILES string of the molecule is CCCC(CCNS(=O)(=O)c1cnc(C)s1)CCC(=O)O. The molecule has 0 aromatic carbocycles. The van der Waals surface area contributed by atoms with Crippen molar-refractivity contribution in [3.05, 3.63) is 11.2 Å². The number of aryl methyl sites for hydroxylation is 1. The van der Waals surface area contributed by atoms with Crippen molar-refractivity contribution in [2.24, 2.45) is 5.92 Å². The van der Waals surface area contributed by atoms with Gasteiger partial charge in [-0.05, 0) is 25.7 Å². The normalized spacial score (nSPS) is 13.2. The van der Waals surface area contributed by atoms with E-state index in [2.05, 4.69) is 9.71 Å². The molecule has 1 unspecified atom stereocenters. The molecule has 120 valence electrons. The van der Waals surface area contributed by atoms with Crippen LogP contribution >= 0.6 is 11.3 Å². The largest absolute Gasteiger partial charge is 0.481 e. The maximum Gasteiger partial charge on any atom is 0.303 e. The van der Waals surface area contributed by atoms with Gasteiger partial charge in [0.1, 0.15) is 0 Å². The molecule has 1 aromatic rings. The van der Waals surface area contributed by atoms with Gasteiger partial charge in [-0.1, -0.05) is 19.8 Å². The number of sulfonamides is 1. The minimum atomic E-state index is -3.49. The van der Waals surface area contributed by atoms with E-state index in [1.807, 2.05) is 6.92 Å². The first kappa shape index (κ1) is 18.1. The number of carboxylic acid groups (broad SMARTS) is 1. The summed E-state index contributed by atoms with van der Waals surface area (Å²) in [5.41, 5.74) is 0. The molecule has 0 spiro atoms. The summed E-state index contributed by atoms with van der Waals surface area (Å²) in [5, 5.41) is 9.43. The van der Waals surface area contributed by atoms with E-state index in [-0.39, 0.29) is 16.5 Å². The molecular weight excluding hydrogens is 312 g/mol. The van der Waals surface area contributed by atoms with Crippen LogP contribution in [-0.4, -0.2) is 31.0 Å². The summed E-state index contributed by atoms with van der Waals surface area (Å²) in [6.45, 7) is 4.12. The zero-order valence-corrected chi connectivity index (χ0v) is 14.0. The average molecular weight is 334 g/mol. The number of carboxylic acids is 1. The number of thiazole rings is 1. The van der Waals surface area contributed by atoms with E-state index in [4.69, 9.17) is 5.11 Å². The number of aliphatic carboxylic acids is 1. The van der Waals surface area contributed by atoms with Crippen LogP contribution in [0.3, 0.4) is 0 Å². The first-order chi connectivity index (χ1) is 9.85. The highest BCUT2D eigenvalue weighted by Crippen LogP contribution is 2.19. The molecule has 0 fully saturated rings. The zero-order valence-electron chi connectivity index (χ0n) is 12.3. The Bertz CT molecular complexity index is 554. The molecule has 2 N–H and O–H groups in total. The molecule has 1 atom stereocenters. The number of rotatable bonds is 10. The molecule has 0 saturated heterocycles. The molecule has 0 amide bonds. The summed E-state index contributed by atoms with van der Waals surface area (Å²) < 4.78 is 26.8. The lowest BCUT2D eigenvalue weighted by atomic mass is 9.95. The number of nitrogens with one attached hydrogen (secondary N) is 1. The van der Waals surface area contributed by atoms with Gasteiger partial charge in [-0.15, -0.1) is 11.3 Å². The van der Waals surface area contributed by atoms with E-state index < -0.39 is 16.0 Å². The van der Waals surface area contributed by atoms with Crippen LogP contribution in [-0.2, 0) is 14.8 Å². The molecule has 0 aliphatic heterocycles. The van der Waals surface area contributed by atoms with Gasteiger partial charge >= 0.3 is 5.97 Å². The van der Waals surface area contributed by atoms with Crippen molar-refractivity contribution in [2.75, 3.05) is 6.54 Å². The lowest BCUT2D eigenvalue weighted by Crippen LogP contribution is -2.25. The van der Waals surface area contributed by atoms with Crippen LogP contribution in [0.15, 0.2) is 10.4 Å². The fourth-order valence-electron chi connectivity index (χ4n) is 2.10. The van der Waals surface area contributed by atoms with E-state index in [1.165, 1.54) is 6.20 Å². The van der Waals surface area contributed by atoms with E-state index in [1.54, 1.807) is 6.92 Å². The number of aromatic nitrogens is 1. The predicted molar refractivity (Wildman–Crippen MR) is 81.9 cm³/mol. The Balaban J connectivity index is 2.47. The van der Waals surface area contributed by atoms with Crippen LogP contribution in [0.4, 0.5) is 0 Å². The number of hydrogen-bond donors (Lipinski definition) is 2. The molecule has 0 aliphatic rings. The smallest absolute Gasteiger partial charge is 0.303 e.